The summed E-state index contributed by atoms with van der Waals surface area (Å²) in [7, 11) is -3.71. The van der Waals surface area contributed by atoms with Gasteiger partial charge in [0, 0.05) is 32.7 Å². The van der Waals surface area contributed by atoms with Gasteiger partial charge in [0.2, 0.25) is 10.0 Å². The molecule has 2 aromatic heterocycles. The lowest BCUT2D eigenvalue weighted by Crippen LogP contribution is -2.50. The first-order chi connectivity index (χ1) is 13.8. The molecule has 1 fully saturated rings. The van der Waals surface area contributed by atoms with Gasteiger partial charge >= 0.3 is 4.87 Å². The molecule has 0 radical (unpaired) electrons. The number of aromatic nitrogens is 1. The summed E-state index contributed by atoms with van der Waals surface area (Å²) < 4.78 is 35.5. The largest absolute Gasteiger partial charge is 0.444 e. The number of sulfonamides is 1. The maximum absolute atomic E-state index is 13.1. The monoisotopic (exact) mass is 499 g/mol. The lowest BCUT2D eigenvalue weighted by Gasteiger charge is -2.33. The van der Waals surface area contributed by atoms with Gasteiger partial charge in [-0.05, 0) is 53.2 Å². The van der Waals surface area contributed by atoms with Crippen molar-refractivity contribution in [3.63, 3.8) is 0 Å². The van der Waals surface area contributed by atoms with Crippen LogP contribution >= 0.6 is 27.3 Å². The van der Waals surface area contributed by atoms with Crippen LogP contribution in [-0.2, 0) is 16.6 Å². The number of thiazole rings is 1. The van der Waals surface area contributed by atoms with Gasteiger partial charge in [-0.3, -0.25) is 14.2 Å². The Hall–Kier alpha value is -1.95. The fourth-order valence-corrected chi connectivity index (χ4v) is 6.20. The van der Waals surface area contributed by atoms with Gasteiger partial charge in [0.25, 0.3) is 5.91 Å². The van der Waals surface area contributed by atoms with Gasteiger partial charge in [0.05, 0.1) is 15.1 Å². The second-order valence-corrected chi connectivity index (χ2v) is 10.3. The van der Waals surface area contributed by atoms with E-state index in [-0.39, 0.29) is 47.6 Å². The predicted octanol–water partition coefficient (Wildman–Crippen LogP) is 2.59. The van der Waals surface area contributed by atoms with E-state index in [2.05, 4.69) is 15.9 Å². The molecule has 8 nitrogen and oxygen atoms in total. The second-order valence-electron chi connectivity index (χ2n) is 6.54. The van der Waals surface area contributed by atoms with Gasteiger partial charge in [0.15, 0.2) is 10.4 Å². The van der Waals surface area contributed by atoms with E-state index in [1.807, 2.05) is 6.92 Å². The molecule has 1 aliphatic rings. The lowest BCUT2D eigenvalue weighted by molar-refractivity contribution is 0.0664. The first-order valence-electron chi connectivity index (χ1n) is 8.99. The van der Waals surface area contributed by atoms with Crippen LogP contribution in [0.25, 0.3) is 10.2 Å². The number of furan rings is 1. The van der Waals surface area contributed by atoms with Gasteiger partial charge in [-0.25, -0.2) is 8.42 Å². The minimum Gasteiger partial charge on any atom is -0.444 e. The highest BCUT2D eigenvalue weighted by molar-refractivity contribution is 9.10. The van der Waals surface area contributed by atoms with Crippen molar-refractivity contribution in [3.05, 3.63) is 50.4 Å². The molecule has 0 aliphatic carbocycles. The smallest absolute Gasteiger partial charge is 0.308 e. The summed E-state index contributed by atoms with van der Waals surface area (Å²) in [6, 6.07) is 8.00. The quantitative estimate of drug-likeness (QED) is 0.549. The van der Waals surface area contributed by atoms with Crippen molar-refractivity contribution in [3.8, 4) is 0 Å². The topological polar surface area (TPSA) is 92.8 Å². The summed E-state index contributed by atoms with van der Waals surface area (Å²) in [5.41, 5.74) is 0.737. The third-order valence-corrected chi connectivity index (χ3v) is 8.17. The van der Waals surface area contributed by atoms with E-state index < -0.39 is 10.0 Å². The zero-order valence-electron chi connectivity index (χ0n) is 15.5. The first kappa shape index (κ1) is 20.3. The van der Waals surface area contributed by atoms with Gasteiger partial charge in [-0.1, -0.05) is 11.3 Å². The van der Waals surface area contributed by atoms with Crippen molar-refractivity contribution in [2.45, 2.75) is 18.4 Å². The molecule has 29 heavy (non-hydrogen) atoms. The van der Waals surface area contributed by atoms with Crippen LogP contribution in [0.4, 0.5) is 0 Å². The molecular formula is C18H18BrN3O5S2. The van der Waals surface area contributed by atoms with Crippen LogP contribution in [0.5, 0.6) is 0 Å². The summed E-state index contributed by atoms with van der Waals surface area (Å²) >= 11 is 4.21. The summed E-state index contributed by atoms with van der Waals surface area (Å²) in [6.07, 6.45) is 0. The third kappa shape index (κ3) is 3.67. The number of fused-ring (bicyclic) bond motifs is 1. The van der Waals surface area contributed by atoms with Crippen molar-refractivity contribution in [2.75, 3.05) is 26.2 Å². The molecule has 1 saturated heterocycles. The number of carbonyl (C=O) groups excluding carboxylic acids is 1. The maximum Gasteiger partial charge on any atom is 0.308 e. The van der Waals surface area contributed by atoms with E-state index in [4.69, 9.17) is 4.42 Å². The lowest BCUT2D eigenvalue weighted by atomic mass is 10.3. The van der Waals surface area contributed by atoms with E-state index in [0.29, 0.717) is 15.9 Å². The summed E-state index contributed by atoms with van der Waals surface area (Å²) in [5.74, 6) is -0.0474. The summed E-state index contributed by atoms with van der Waals surface area (Å²) in [6.45, 7) is 3.35. The molecule has 0 unspecified atom stereocenters. The Labute approximate surface area is 179 Å². The molecule has 0 N–H and O–H groups in total. The number of aryl methyl sites for hydroxylation is 1. The molecule has 1 aromatic carbocycles. The van der Waals surface area contributed by atoms with Crippen LogP contribution in [0.3, 0.4) is 0 Å². The summed E-state index contributed by atoms with van der Waals surface area (Å²) in [4.78, 5) is 26.1. The summed E-state index contributed by atoms with van der Waals surface area (Å²) in [5, 5.41) is 0. The Bertz CT molecular complexity index is 1240. The van der Waals surface area contributed by atoms with E-state index in [9.17, 15) is 18.0 Å². The zero-order valence-corrected chi connectivity index (χ0v) is 18.7. The van der Waals surface area contributed by atoms with E-state index in [1.165, 1.54) is 10.4 Å². The molecule has 154 valence electrons. The maximum atomic E-state index is 13.1. The van der Waals surface area contributed by atoms with Crippen molar-refractivity contribution in [2.24, 2.45) is 0 Å². The van der Waals surface area contributed by atoms with Crippen LogP contribution in [0.15, 0.2) is 49.1 Å². The van der Waals surface area contributed by atoms with Gasteiger partial charge in [-0.15, -0.1) is 0 Å². The Balaban J connectivity index is 1.52. The molecule has 0 atom stereocenters. The van der Waals surface area contributed by atoms with Crippen molar-refractivity contribution < 1.29 is 17.6 Å². The molecule has 1 amide bonds. The number of carbonyl (C=O) groups is 1. The minimum absolute atomic E-state index is 0.103. The van der Waals surface area contributed by atoms with Crippen LogP contribution in [-0.4, -0.2) is 54.3 Å². The predicted molar refractivity (Wildman–Crippen MR) is 113 cm³/mol. The molecule has 0 saturated carbocycles. The Morgan fingerprint density at radius 3 is 2.52 bits per heavy atom. The standard InChI is InChI=1S/C18H18BrN3O5S2/c1-2-22-13-4-3-12(11-15(13)28-18(22)24)29(25,26)21-9-7-20(8-10-21)17(23)14-5-6-16(19)27-14/h3-6,11H,2,7-10H2,1H3. The highest BCUT2D eigenvalue weighted by Crippen LogP contribution is 2.25. The number of hydrogen-bond donors (Lipinski definition) is 0. The number of halogens is 1. The number of rotatable bonds is 4. The normalized spacial score (nSPS) is 15.9. The molecule has 3 heterocycles. The van der Waals surface area contributed by atoms with E-state index in [1.54, 1.807) is 33.7 Å². The number of nitrogens with zero attached hydrogens (tertiary/aromatic N) is 3. The Morgan fingerprint density at radius 1 is 1.17 bits per heavy atom. The average Bonchev–Trinajstić information content (AvgIpc) is 3.28. The fraction of sp³-hybridized carbons (Fsp3) is 0.333. The minimum atomic E-state index is -3.71. The SMILES string of the molecule is CCn1c(=O)sc2cc(S(=O)(=O)N3CCN(C(=O)c4ccc(Br)o4)CC3)ccc21. The molecule has 0 bridgehead atoms. The zero-order chi connectivity index (χ0) is 20.8. The molecule has 4 rings (SSSR count). The molecular weight excluding hydrogens is 482 g/mol. The van der Waals surface area contributed by atoms with Gasteiger partial charge in [-0.2, -0.15) is 4.31 Å². The van der Waals surface area contributed by atoms with Crippen molar-refractivity contribution in [1.82, 2.24) is 13.8 Å². The average molecular weight is 500 g/mol. The number of amides is 1. The molecule has 1 aliphatic heterocycles. The fourth-order valence-electron chi connectivity index (χ4n) is 3.37. The van der Waals surface area contributed by atoms with Gasteiger partial charge in [0.1, 0.15) is 0 Å². The number of piperazine rings is 1. The van der Waals surface area contributed by atoms with Crippen LogP contribution < -0.4 is 4.87 Å². The number of hydrogen-bond acceptors (Lipinski definition) is 6. The van der Waals surface area contributed by atoms with E-state index in [0.717, 1.165) is 16.9 Å². The van der Waals surface area contributed by atoms with Gasteiger partial charge < -0.3 is 9.32 Å². The second kappa shape index (κ2) is 7.71. The highest BCUT2D eigenvalue weighted by Gasteiger charge is 2.31. The van der Waals surface area contributed by atoms with Crippen molar-refractivity contribution >= 4 is 53.4 Å². The Kier molecular flexibility index (Phi) is 5.40. The molecule has 11 heteroatoms. The Morgan fingerprint density at radius 2 is 1.90 bits per heavy atom. The highest BCUT2D eigenvalue weighted by atomic mass is 79.9. The molecule has 0 spiro atoms. The van der Waals surface area contributed by atoms with E-state index >= 15 is 0 Å². The van der Waals surface area contributed by atoms with Crippen molar-refractivity contribution in [1.29, 1.82) is 0 Å². The molecule has 3 aromatic rings. The van der Waals surface area contributed by atoms with Crippen LogP contribution in [0, 0.1) is 0 Å². The van der Waals surface area contributed by atoms with Crippen LogP contribution in [0.1, 0.15) is 17.5 Å². The van der Waals surface area contributed by atoms with Crippen LogP contribution in [0.2, 0.25) is 0 Å². The third-order valence-electron chi connectivity index (χ3n) is 4.90. The first-order valence-corrected chi connectivity index (χ1v) is 12.0. The number of benzene rings is 1.